The van der Waals surface area contributed by atoms with Crippen molar-refractivity contribution in [1.29, 1.82) is 0 Å². The number of halogens is 2. The van der Waals surface area contributed by atoms with E-state index < -0.39 is 5.97 Å². The summed E-state index contributed by atoms with van der Waals surface area (Å²) in [6, 6.07) is 9.30. The van der Waals surface area contributed by atoms with Crippen molar-refractivity contribution in [2.24, 2.45) is 0 Å². The lowest BCUT2D eigenvalue weighted by Crippen LogP contribution is -2.17. The van der Waals surface area contributed by atoms with Crippen LogP contribution in [0.15, 0.2) is 41.3 Å². The van der Waals surface area contributed by atoms with Gasteiger partial charge in [-0.1, -0.05) is 23.2 Å². The largest absolute Gasteiger partial charge is 0.508 e. The predicted octanol–water partition coefficient (Wildman–Crippen LogP) is 4.22. The second kappa shape index (κ2) is 8.28. The number of benzene rings is 2. The Balaban J connectivity index is 2.10. The minimum atomic E-state index is -0.668. The Hall–Kier alpha value is -1.89. The zero-order valence-corrected chi connectivity index (χ0v) is 14.8. The van der Waals surface area contributed by atoms with Crippen LogP contribution in [0.3, 0.4) is 0 Å². The first-order valence-electron chi connectivity index (χ1n) is 6.69. The molecule has 0 aromatic heterocycles. The van der Waals surface area contributed by atoms with Gasteiger partial charge < -0.3 is 15.2 Å². The molecule has 0 bridgehead atoms. The highest BCUT2D eigenvalue weighted by atomic mass is 35.5. The molecule has 0 aliphatic heterocycles. The molecule has 126 valence electrons. The molecule has 0 atom stereocenters. The second-order valence-corrected chi connectivity index (χ2v) is 6.52. The van der Waals surface area contributed by atoms with Gasteiger partial charge in [-0.2, -0.15) is 0 Å². The minimum absolute atomic E-state index is 0.0477. The van der Waals surface area contributed by atoms with E-state index in [2.05, 4.69) is 10.1 Å². The molecule has 2 aromatic rings. The quantitative estimate of drug-likeness (QED) is 0.595. The van der Waals surface area contributed by atoms with Gasteiger partial charge in [0.1, 0.15) is 11.3 Å². The summed E-state index contributed by atoms with van der Waals surface area (Å²) in [5, 5.41) is 12.2. The van der Waals surface area contributed by atoms with Crippen LogP contribution in [0.4, 0.5) is 5.69 Å². The number of ether oxygens (including phenoxy) is 1. The Morgan fingerprint density at radius 3 is 2.50 bits per heavy atom. The fourth-order valence-electron chi connectivity index (χ4n) is 1.86. The van der Waals surface area contributed by atoms with Crippen molar-refractivity contribution in [1.82, 2.24) is 0 Å². The molecule has 24 heavy (non-hydrogen) atoms. The van der Waals surface area contributed by atoms with Crippen LogP contribution < -0.4 is 5.32 Å². The van der Waals surface area contributed by atoms with Crippen LogP contribution in [-0.4, -0.2) is 29.8 Å². The number of hydrogen-bond donors (Lipinski definition) is 2. The smallest absolute Gasteiger partial charge is 0.341 e. The molecular formula is C16H13Cl2NO4S. The summed E-state index contributed by atoms with van der Waals surface area (Å²) in [5.41, 5.74) is 0.238. The third kappa shape index (κ3) is 4.80. The number of phenolic OH excluding ortho intramolecular Hbond substituents is 1. The maximum absolute atomic E-state index is 12.1. The number of carbonyl (C=O) groups is 2. The van der Waals surface area contributed by atoms with Gasteiger partial charge in [-0.15, -0.1) is 11.8 Å². The first kappa shape index (κ1) is 18.4. The summed E-state index contributed by atoms with van der Waals surface area (Å²) < 4.78 is 4.67. The summed E-state index contributed by atoms with van der Waals surface area (Å²) in [5.74, 6) is -0.745. The van der Waals surface area contributed by atoms with Gasteiger partial charge in [0.05, 0.1) is 23.6 Å². The number of methoxy groups -OCH3 is 1. The van der Waals surface area contributed by atoms with Gasteiger partial charge in [-0.05, 0) is 36.4 Å². The third-order valence-corrected chi connectivity index (χ3v) is 4.45. The topological polar surface area (TPSA) is 75.6 Å². The monoisotopic (exact) mass is 385 g/mol. The average Bonchev–Trinajstić information content (AvgIpc) is 2.53. The molecule has 1 amide bonds. The summed E-state index contributed by atoms with van der Waals surface area (Å²) >= 11 is 13.2. The van der Waals surface area contributed by atoms with E-state index >= 15 is 0 Å². The van der Waals surface area contributed by atoms with E-state index in [1.54, 1.807) is 12.1 Å². The highest BCUT2D eigenvalue weighted by Gasteiger charge is 2.19. The van der Waals surface area contributed by atoms with E-state index in [0.29, 0.717) is 0 Å². The molecule has 2 rings (SSSR count). The van der Waals surface area contributed by atoms with E-state index in [1.807, 2.05) is 0 Å². The standard InChI is InChI=1S/C16H13Cl2NO4S/c1-23-16(22)15-12(18)6-9(17)7-13(15)19-14(21)8-24-11-4-2-10(20)3-5-11/h2-7,20H,8H2,1H3,(H,19,21). The highest BCUT2D eigenvalue weighted by molar-refractivity contribution is 8.00. The number of anilines is 1. The molecule has 0 aliphatic carbocycles. The Morgan fingerprint density at radius 2 is 1.88 bits per heavy atom. The summed E-state index contributed by atoms with van der Waals surface area (Å²) in [6.07, 6.45) is 0. The van der Waals surface area contributed by atoms with E-state index in [-0.39, 0.29) is 38.7 Å². The lowest BCUT2D eigenvalue weighted by molar-refractivity contribution is -0.113. The summed E-state index contributed by atoms with van der Waals surface area (Å²) in [4.78, 5) is 24.8. The number of hydrogen-bond acceptors (Lipinski definition) is 5. The summed E-state index contributed by atoms with van der Waals surface area (Å²) in [6.45, 7) is 0. The van der Waals surface area contributed by atoms with Crippen molar-refractivity contribution in [3.05, 3.63) is 52.0 Å². The van der Waals surface area contributed by atoms with Gasteiger partial charge in [0.15, 0.2) is 0 Å². The molecule has 5 nitrogen and oxygen atoms in total. The number of esters is 1. The molecule has 0 unspecified atom stereocenters. The van der Waals surface area contributed by atoms with Crippen LogP contribution >= 0.6 is 35.0 Å². The Labute approximate surface area is 152 Å². The van der Waals surface area contributed by atoms with Crippen molar-refractivity contribution in [2.45, 2.75) is 4.90 Å². The van der Waals surface area contributed by atoms with Gasteiger partial charge in [0.25, 0.3) is 0 Å². The first-order chi connectivity index (χ1) is 11.4. The SMILES string of the molecule is COC(=O)c1c(Cl)cc(Cl)cc1NC(=O)CSc1ccc(O)cc1. The Morgan fingerprint density at radius 1 is 1.21 bits per heavy atom. The van der Waals surface area contributed by atoms with Crippen LogP contribution in [0.2, 0.25) is 10.0 Å². The number of phenols is 1. The molecule has 0 saturated heterocycles. The normalized spacial score (nSPS) is 10.3. The Kier molecular flexibility index (Phi) is 6.36. The highest BCUT2D eigenvalue weighted by Crippen LogP contribution is 2.30. The fraction of sp³-hybridized carbons (Fsp3) is 0.125. The first-order valence-corrected chi connectivity index (χ1v) is 8.44. The van der Waals surface area contributed by atoms with Crippen molar-refractivity contribution in [3.63, 3.8) is 0 Å². The molecular weight excluding hydrogens is 373 g/mol. The lowest BCUT2D eigenvalue weighted by Gasteiger charge is -2.12. The number of amides is 1. The second-order valence-electron chi connectivity index (χ2n) is 4.63. The maximum Gasteiger partial charge on any atom is 0.341 e. The van der Waals surface area contributed by atoms with E-state index in [9.17, 15) is 14.7 Å². The molecule has 0 radical (unpaired) electrons. The molecule has 0 saturated carbocycles. The average molecular weight is 386 g/mol. The van der Waals surface area contributed by atoms with E-state index in [0.717, 1.165) is 4.90 Å². The lowest BCUT2D eigenvalue weighted by atomic mass is 10.1. The molecule has 0 spiro atoms. The molecule has 2 N–H and O–H groups in total. The number of nitrogens with one attached hydrogen (secondary N) is 1. The van der Waals surface area contributed by atoms with Gasteiger partial charge >= 0.3 is 5.97 Å². The maximum atomic E-state index is 12.1. The number of carbonyl (C=O) groups excluding carboxylic acids is 2. The molecule has 0 heterocycles. The van der Waals surface area contributed by atoms with Gasteiger partial charge in [-0.25, -0.2) is 4.79 Å². The van der Waals surface area contributed by atoms with E-state index in [4.69, 9.17) is 23.2 Å². The number of aromatic hydroxyl groups is 1. The van der Waals surface area contributed by atoms with Gasteiger partial charge in [0, 0.05) is 9.92 Å². The fourth-order valence-corrected chi connectivity index (χ4v) is 3.13. The van der Waals surface area contributed by atoms with E-state index in [1.165, 1.54) is 43.1 Å². The molecule has 8 heteroatoms. The van der Waals surface area contributed by atoms with Crippen LogP contribution in [0.25, 0.3) is 0 Å². The van der Waals surface area contributed by atoms with Crippen molar-refractivity contribution < 1.29 is 19.4 Å². The molecule has 0 aliphatic rings. The summed E-state index contributed by atoms with van der Waals surface area (Å²) in [7, 11) is 1.22. The van der Waals surface area contributed by atoms with Crippen molar-refractivity contribution in [2.75, 3.05) is 18.2 Å². The van der Waals surface area contributed by atoms with Crippen molar-refractivity contribution in [3.8, 4) is 5.75 Å². The zero-order chi connectivity index (χ0) is 17.7. The van der Waals surface area contributed by atoms with Gasteiger partial charge in [0.2, 0.25) is 5.91 Å². The zero-order valence-electron chi connectivity index (χ0n) is 12.5. The van der Waals surface area contributed by atoms with Crippen LogP contribution in [-0.2, 0) is 9.53 Å². The minimum Gasteiger partial charge on any atom is -0.508 e. The molecule has 2 aromatic carbocycles. The molecule has 0 fully saturated rings. The predicted molar refractivity (Wildman–Crippen MR) is 95.3 cm³/mol. The Bertz CT molecular complexity index is 765. The number of thioether (sulfide) groups is 1. The van der Waals surface area contributed by atoms with Crippen LogP contribution in [0.5, 0.6) is 5.75 Å². The number of rotatable bonds is 5. The van der Waals surface area contributed by atoms with Crippen LogP contribution in [0, 0.1) is 0 Å². The van der Waals surface area contributed by atoms with Crippen LogP contribution in [0.1, 0.15) is 10.4 Å². The van der Waals surface area contributed by atoms with Gasteiger partial charge in [-0.3, -0.25) is 4.79 Å². The van der Waals surface area contributed by atoms with Crippen molar-refractivity contribution >= 4 is 52.5 Å². The third-order valence-electron chi connectivity index (χ3n) is 2.93.